The summed E-state index contributed by atoms with van der Waals surface area (Å²) in [6, 6.07) is 6.21. The van der Waals surface area contributed by atoms with Gasteiger partial charge in [0.15, 0.2) is 19.7 Å². The van der Waals surface area contributed by atoms with Crippen LogP contribution in [-0.2, 0) is 30.2 Å². The minimum absolute atomic E-state index is 0.150. The van der Waals surface area contributed by atoms with Gasteiger partial charge in [-0.05, 0) is 36.6 Å². The summed E-state index contributed by atoms with van der Waals surface area (Å²) in [5, 5.41) is 11.5. The Bertz CT molecular complexity index is 1480. The number of benzene rings is 2. The standard InChI is InChI=1S/C23H22F5N3O5S2/c1-37(33,34)20-5-3-2-4-15(20)11-38(35,36)12-19(21(32)30-22(13-29)8-9-22)31(14-23(26,27)28)18-7-6-16(24)10-17(18)25/h2-7,10,19H,8-9,11-12,14H2,1H3,(H,30,32)/t19-/m0/s1. The second kappa shape index (κ2) is 10.5. The number of carbonyl (C=O) groups excluding carboxylic acids is 1. The number of nitriles is 1. The van der Waals surface area contributed by atoms with E-state index in [1.165, 1.54) is 18.2 Å². The lowest BCUT2D eigenvalue weighted by Crippen LogP contribution is -2.56. The van der Waals surface area contributed by atoms with E-state index in [4.69, 9.17) is 0 Å². The van der Waals surface area contributed by atoms with Crippen molar-refractivity contribution < 1.29 is 43.6 Å². The van der Waals surface area contributed by atoms with Gasteiger partial charge in [-0.2, -0.15) is 18.4 Å². The molecule has 0 spiro atoms. The average molecular weight is 580 g/mol. The molecule has 1 atom stereocenters. The molecule has 0 bridgehead atoms. The van der Waals surface area contributed by atoms with Gasteiger partial charge in [0.05, 0.1) is 28.2 Å². The molecule has 1 aliphatic carbocycles. The Morgan fingerprint density at radius 3 is 2.29 bits per heavy atom. The smallest absolute Gasteiger partial charge is 0.347 e. The second-order valence-electron chi connectivity index (χ2n) is 8.97. The number of sulfone groups is 2. The molecule has 0 radical (unpaired) electrons. The third kappa shape index (κ3) is 7.41. The van der Waals surface area contributed by atoms with Gasteiger partial charge in [0.1, 0.15) is 29.8 Å². The lowest BCUT2D eigenvalue weighted by atomic mass is 10.1. The average Bonchev–Trinajstić information content (AvgIpc) is 3.55. The molecule has 1 saturated carbocycles. The third-order valence-electron chi connectivity index (χ3n) is 5.73. The van der Waals surface area contributed by atoms with Crippen molar-refractivity contribution in [1.82, 2.24) is 5.32 Å². The monoisotopic (exact) mass is 579 g/mol. The maximum Gasteiger partial charge on any atom is 0.405 e. The molecule has 0 aliphatic heterocycles. The van der Waals surface area contributed by atoms with Crippen molar-refractivity contribution in [3.63, 3.8) is 0 Å². The number of halogens is 5. The summed E-state index contributed by atoms with van der Waals surface area (Å²) in [5.74, 6) is -6.16. The van der Waals surface area contributed by atoms with Crippen molar-refractivity contribution in [3.8, 4) is 6.07 Å². The van der Waals surface area contributed by atoms with Crippen molar-refractivity contribution in [3.05, 3.63) is 59.7 Å². The van der Waals surface area contributed by atoms with E-state index in [0.717, 1.165) is 12.3 Å². The first-order valence-electron chi connectivity index (χ1n) is 11.0. The lowest BCUT2D eigenvalue weighted by Gasteiger charge is -2.34. The Balaban J connectivity index is 2.08. The number of hydrogen-bond donors (Lipinski definition) is 1. The van der Waals surface area contributed by atoms with Crippen molar-refractivity contribution in [2.45, 2.75) is 41.2 Å². The van der Waals surface area contributed by atoms with Crippen LogP contribution in [0, 0.1) is 23.0 Å². The molecule has 206 valence electrons. The van der Waals surface area contributed by atoms with Crippen molar-refractivity contribution >= 4 is 31.3 Å². The summed E-state index contributed by atoms with van der Waals surface area (Å²) >= 11 is 0. The molecule has 0 aromatic heterocycles. The van der Waals surface area contributed by atoms with Gasteiger partial charge in [-0.3, -0.25) is 4.79 Å². The summed E-state index contributed by atoms with van der Waals surface area (Å²) in [4.78, 5) is 13.0. The fraction of sp³-hybridized carbons (Fsp3) is 0.391. The molecule has 1 amide bonds. The second-order valence-corrected chi connectivity index (χ2v) is 13.1. The highest BCUT2D eigenvalue weighted by Gasteiger charge is 2.48. The fourth-order valence-electron chi connectivity index (χ4n) is 3.81. The van der Waals surface area contributed by atoms with Gasteiger partial charge in [-0.1, -0.05) is 18.2 Å². The molecule has 3 rings (SSSR count). The number of hydrogen-bond acceptors (Lipinski definition) is 7. The number of rotatable bonds is 10. The van der Waals surface area contributed by atoms with E-state index >= 15 is 0 Å². The first-order chi connectivity index (χ1) is 17.5. The van der Waals surface area contributed by atoms with Gasteiger partial charge < -0.3 is 10.2 Å². The van der Waals surface area contributed by atoms with Gasteiger partial charge in [-0.25, -0.2) is 25.6 Å². The van der Waals surface area contributed by atoms with E-state index in [2.05, 4.69) is 5.32 Å². The predicted molar refractivity (Wildman–Crippen MR) is 126 cm³/mol. The highest BCUT2D eigenvalue weighted by Crippen LogP contribution is 2.35. The molecular formula is C23H22F5N3O5S2. The number of alkyl halides is 3. The van der Waals surface area contributed by atoms with Crippen LogP contribution in [0.1, 0.15) is 18.4 Å². The van der Waals surface area contributed by atoms with Crippen LogP contribution in [0.2, 0.25) is 0 Å². The topological polar surface area (TPSA) is 124 Å². The minimum Gasteiger partial charge on any atom is -0.347 e. The zero-order chi connectivity index (χ0) is 28.5. The zero-order valence-corrected chi connectivity index (χ0v) is 21.4. The SMILES string of the molecule is CS(=O)(=O)c1ccccc1CS(=O)(=O)C[C@@H](C(=O)NC1(C#N)CC1)N(CC(F)(F)F)c1ccc(F)cc1F. The molecule has 38 heavy (non-hydrogen) atoms. The van der Waals surface area contributed by atoms with E-state index in [1.807, 2.05) is 0 Å². The van der Waals surface area contributed by atoms with Gasteiger partial charge in [0, 0.05) is 12.3 Å². The lowest BCUT2D eigenvalue weighted by molar-refractivity contribution is -0.127. The first kappa shape index (κ1) is 29.3. The van der Waals surface area contributed by atoms with Crippen molar-refractivity contribution in [2.75, 3.05) is 23.5 Å². The minimum atomic E-state index is -5.06. The number of nitrogens with zero attached hydrogens (tertiary/aromatic N) is 2. The van der Waals surface area contributed by atoms with Crippen LogP contribution in [0.3, 0.4) is 0 Å². The zero-order valence-electron chi connectivity index (χ0n) is 19.8. The molecule has 8 nitrogen and oxygen atoms in total. The van der Waals surface area contributed by atoms with Crippen LogP contribution < -0.4 is 10.2 Å². The molecule has 1 fully saturated rings. The van der Waals surface area contributed by atoms with Crippen LogP contribution in [-0.4, -0.2) is 59.1 Å². The van der Waals surface area contributed by atoms with Gasteiger partial charge in [0.2, 0.25) is 5.91 Å². The first-order valence-corrected chi connectivity index (χ1v) is 14.7. The molecule has 0 unspecified atom stereocenters. The Morgan fingerprint density at radius 2 is 1.76 bits per heavy atom. The molecule has 0 saturated heterocycles. The normalized spacial score (nSPS) is 15.8. The number of carbonyl (C=O) groups is 1. The molecular weight excluding hydrogens is 557 g/mol. The van der Waals surface area contributed by atoms with E-state index in [9.17, 15) is 48.8 Å². The fourth-order valence-corrected chi connectivity index (χ4v) is 6.50. The van der Waals surface area contributed by atoms with Crippen LogP contribution in [0.25, 0.3) is 0 Å². The van der Waals surface area contributed by atoms with Gasteiger partial charge >= 0.3 is 6.18 Å². The highest BCUT2D eigenvalue weighted by molar-refractivity contribution is 7.91. The van der Waals surface area contributed by atoms with Crippen LogP contribution >= 0.6 is 0 Å². The third-order valence-corrected chi connectivity index (χ3v) is 8.51. The van der Waals surface area contributed by atoms with E-state index in [-0.39, 0.29) is 34.3 Å². The summed E-state index contributed by atoms with van der Waals surface area (Å²) in [6.45, 7) is -1.98. The van der Waals surface area contributed by atoms with Crippen LogP contribution in [0.15, 0.2) is 47.4 Å². The summed E-state index contributed by atoms with van der Waals surface area (Å²) in [5.41, 5.74) is -2.48. The number of nitrogens with one attached hydrogen (secondary N) is 1. The summed E-state index contributed by atoms with van der Waals surface area (Å²) < 4.78 is 119. The quantitative estimate of drug-likeness (QED) is 0.430. The number of amides is 1. The summed E-state index contributed by atoms with van der Waals surface area (Å²) in [7, 11) is -8.43. The molecule has 1 aliphatic rings. The highest BCUT2D eigenvalue weighted by atomic mass is 32.2. The van der Waals surface area contributed by atoms with Crippen molar-refractivity contribution in [1.29, 1.82) is 5.26 Å². The Hall–Kier alpha value is -3.25. The summed E-state index contributed by atoms with van der Waals surface area (Å²) in [6.07, 6.45) is -3.88. The predicted octanol–water partition coefficient (Wildman–Crippen LogP) is 2.89. The number of anilines is 1. The molecule has 15 heteroatoms. The Labute approximate surface area is 215 Å². The van der Waals surface area contributed by atoms with E-state index in [0.29, 0.717) is 12.1 Å². The van der Waals surface area contributed by atoms with Gasteiger partial charge in [-0.15, -0.1) is 0 Å². The maximum absolute atomic E-state index is 14.6. The largest absolute Gasteiger partial charge is 0.405 e. The van der Waals surface area contributed by atoms with E-state index in [1.54, 1.807) is 6.07 Å². The van der Waals surface area contributed by atoms with Crippen LogP contribution in [0.5, 0.6) is 0 Å². The Kier molecular flexibility index (Phi) is 8.09. The van der Waals surface area contributed by atoms with Crippen LogP contribution in [0.4, 0.5) is 27.6 Å². The van der Waals surface area contributed by atoms with Crippen molar-refractivity contribution in [2.24, 2.45) is 0 Å². The molecule has 2 aromatic carbocycles. The van der Waals surface area contributed by atoms with Gasteiger partial charge in [0.25, 0.3) is 0 Å². The molecule has 0 heterocycles. The van der Waals surface area contributed by atoms with E-state index < -0.39 is 78.7 Å². The Morgan fingerprint density at radius 1 is 1.13 bits per heavy atom. The maximum atomic E-state index is 14.6. The molecule has 1 N–H and O–H groups in total. The molecule has 2 aromatic rings.